The average Bonchev–Trinajstić information content (AvgIpc) is 2.97. The van der Waals surface area contributed by atoms with Gasteiger partial charge in [-0.2, -0.15) is 0 Å². The summed E-state index contributed by atoms with van der Waals surface area (Å²) in [6.07, 6.45) is 1.68. The molecule has 0 amide bonds. The van der Waals surface area contributed by atoms with Crippen molar-refractivity contribution in [1.29, 1.82) is 0 Å². The molecule has 3 nitrogen and oxygen atoms in total. The zero-order valence-corrected chi connectivity index (χ0v) is 9.33. The molecule has 0 aliphatic heterocycles. The molecule has 1 aromatic carbocycles. The number of benzene rings is 1. The van der Waals surface area contributed by atoms with Crippen LogP contribution in [0, 0.1) is 0 Å². The summed E-state index contributed by atoms with van der Waals surface area (Å²) < 4.78 is 6.45. The van der Waals surface area contributed by atoms with E-state index in [1.54, 1.807) is 17.6 Å². The molecule has 0 aliphatic rings. The Balaban J connectivity index is 1.78. The third-order valence-corrected chi connectivity index (χ3v) is 3.17. The second kappa shape index (κ2) is 3.98. The first-order chi connectivity index (χ1) is 7.92. The van der Waals surface area contributed by atoms with Gasteiger partial charge in [0.25, 0.3) is 0 Å². The van der Waals surface area contributed by atoms with Crippen LogP contribution in [0.25, 0.3) is 10.2 Å². The van der Waals surface area contributed by atoms with E-state index in [0.29, 0.717) is 6.54 Å². The van der Waals surface area contributed by atoms with E-state index in [0.717, 1.165) is 17.0 Å². The zero-order valence-electron chi connectivity index (χ0n) is 8.51. The van der Waals surface area contributed by atoms with Crippen LogP contribution in [-0.4, -0.2) is 4.98 Å². The highest BCUT2D eigenvalue weighted by atomic mass is 32.1. The fraction of sp³-hybridized carbons (Fsp3) is 0.0833. The number of anilines is 1. The largest absolute Gasteiger partial charge is 0.467 e. The third kappa shape index (κ3) is 1.79. The Morgan fingerprint density at radius 1 is 1.31 bits per heavy atom. The molecule has 3 aromatic rings. The summed E-state index contributed by atoms with van der Waals surface area (Å²) in [6, 6.07) is 10.0. The predicted molar refractivity (Wildman–Crippen MR) is 65.7 cm³/mol. The molecule has 0 fully saturated rings. The molecule has 0 aliphatic carbocycles. The Bertz CT molecular complexity index is 586. The van der Waals surface area contributed by atoms with Crippen molar-refractivity contribution < 1.29 is 4.42 Å². The van der Waals surface area contributed by atoms with Crippen LogP contribution in [0.4, 0.5) is 5.69 Å². The number of rotatable bonds is 3. The lowest BCUT2D eigenvalue weighted by Gasteiger charge is -2.03. The van der Waals surface area contributed by atoms with E-state index in [1.807, 2.05) is 29.8 Å². The van der Waals surface area contributed by atoms with Crippen LogP contribution in [-0.2, 0) is 6.54 Å². The summed E-state index contributed by atoms with van der Waals surface area (Å²) in [5, 5.41) is 3.31. The van der Waals surface area contributed by atoms with Crippen LogP contribution in [0.3, 0.4) is 0 Å². The molecule has 0 radical (unpaired) electrons. The van der Waals surface area contributed by atoms with E-state index in [1.165, 1.54) is 4.70 Å². The Morgan fingerprint density at radius 3 is 3.19 bits per heavy atom. The van der Waals surface area contributed by atoms with Gasteiger partial charge in [0.05, 0.1) is 28.5 Å². The van der Waals surface area contributed by atoms with Gasteiger partial charge in [-0.3, -0.25) is 0 Å². The lowest BCUT2D eigenvalue weighted by atomic mass is 10.3. The van der Waals surface area contributed by atoms with E-state index in [-0.39, 0.29) is 0 Å². The zero-order chi connectivity index (χ0) is 10.8. The van der Waals surface area contributed by atoms with Gasteiger partial charge < -0.3 is 9.73 Å². The van der Waals surface area contributed by atoms with Crippen LogP contribution >= 0.6 is 11.3 Å². The molecule has 4 heteroatoms. The number of hydrogen-bond acceptors (Lipinski definition) is 4. The van der Waals surface area contributed by atoms with Crippen molar-refractivity contribution in [1.82, 2.24) is 4.98 Å². The number of hydrogen-bond donors (Lipinski definition) is 1. The number of nitrogens with zero attached hydrogens (tertiary/aromatic N) is 1. The molecular weight excluding hydrogens is 220 g/mol. The monoisotopic (exact) mass is 230 g/mol. The summed E-state index contributed by atoms with van der Waals surface area (Å²) in [7, 11) is 0. The van der Waals surface area contributed by atoms with Crippen LogP contribution in [0.1, 0.15) is 5.76 Å². The minimum Gasteiger partial charge on any atom is -0.467 e. The molecule has 0 saturated heterocycles. The van der Waals surface area contributed by atoms with Gasteiger partial charge in [0.2, 0.25) is 0 Å². The molecule has 16 heavy (non-hydrogen) atoms. The third-order valence-electron chi connectivity index (χ3n) is 2.38. The van der Waals surface area contributed by atoms with Crippen molar-refractivity contribution in [3.63, 3.8) is 0 Å². The number of fused-ring (bicyclic) bond motifs is 1. The maximum Gasteiger partial charge on any atom is 0.122 e. The molecule has 0 bridgehead atoms. The van der Waals surface area contributed by atoms with E-state index in [4.69, 9.17) is 4.42 Å². The highest BCUT2D eigenvalue weighted by Crippen LogP contribution is 2.22. The number of furan rings is 1. The van der Waals surface area contributed by atoms with E-state index >= 15 is 0 Å². The molecule has 0 unspecified atom stereocenters. The normalized spacial score (nSPS) is 10.8. The maximum atomic E-state index is 5.26. The minimum absolute atomic E-state index is 0.706. The standard InChI is InChI=1S/C12H10N2OS/c1-2-10(15-5-1)7-13-9-3-4-11-12(6-9)16-8-14-11/h1-6,8,13H,7H2. The van der Waals surface area contributed by atoms with E-state index in [9.17, 15) is 0 Å². The fourth-order valence-corrected chi connectivity index (χ4v) is 2.28. The van der Waals surface area contributed by atoms with Gasteiger partial charge in [-0.25, -0.2) is 4.98 Å². The van der Waals surface area contributed by atoms with Crippen LogP contribution in [0.15, 0.2) is 46.5 Å². The van der Waals surface area contributed by atoms with Crippen LogP contribution in [0.5, 0.6) is 0 Å². The van der Waals surface area contributed by atoms with Crippen LogP contribution in [0.2, 0.25) is 0 Å². The van der Waals surface area contributed by atoms with Gasteiger partial charge in [-0.05, 0) is 30.3 Å². The minimum atomic E-state index is 0.706. The van der Waals surface area contributed by atoms with E-state index < -0.39 is 0 Å². The first-order valence-corrected chi connectivity index (χ1v) is 5.89. The van der Waals surface area contributed by atoms with Crippen molar-refractivity contribution in [3.05, 3.63) is 47.9 Å². The molecule has 0 saturated carbocycles. The smallest absolute Gasteiger partial charge is 0.122 e. The maximum absolute atomic E-state index is 5.26. The van der Waals surface area contributed by atoms with Gasteiger partial charge in [0, 0.05) is 5.69 Å². The van der Waals surface area contributed by atoms with Gasteiger partial charge in [-0.15, -0.1) is 11.3 Å². The Hall–Kier alpha value is -1.81. The number of thiazole rings is 1. The highest BCUT2D eigenvalue weighted by molar-refractivity contribution is 7.16. The molecule has 2 heterocycles. The Kier molecular flexibility index (Phi) is 2.34. The Labute approximate surface area is 96.7 Å². The lowest BCUT2D eigenvalue weighted by Crippen LogP contribution is -1.97. The summed E-state index contributed by atoms with van der Waals surface area (Å²) in [5.41, 5.74) is 4.00. The van der Waals surface area contributed by atoms with Gasteiger partial charge >= 0.3 is 0 Å². The Morgan fingerprint density at radius 2 is 2.31 bits per heavy atom. The quantitative estimate of drug-likeness (QED) is 0.748. The molecular formula is C12H10N2OS. The molecule has 80 valence electrons. The molecule has 0 atom stereocenters. The van der Waals surface area contributed by atoms with Crippen molar-refractivity contribution >= 4 is 27.2 Å². The first-order valence-electron chi connectivity index (χ1n) is 5.01. The van der Waals surface area contributed by atoms with Crippen LogP contribution < -0.4 is 5.32 Å². The lowest BCUT2D eigenvalue weighted by molar-refractivity contribution is 0.518. The van der Waals surface area contributed by atoms with Crippen molar-refractivity contribution in [3.8, 4) is 0 Å². The molecule has 2 aromatic heterocycles. The van der Waals surface area contributed by atoms with Crippen molar-refractivity contribution in [2.24, 2.45) is 0 Å². The van der Waals surface area contributed by atoms with Crippen molar-refractivity contribution in [2.45, 2.75) is 6.54 Å². The fourth-order valence-electron chi connectivity index (χ4n) is 1.57. The molecule has 3 rings (SSSR count). The number of aromatic nitrogens is 1. The predicted octanol–water partition coefficient (Wildman–Crippen LogP) is 3.50. The average molecular weight is 230 g/mol. The topological polar surface area (TPSA) is 38.1 Å². The SMILES string of the molecule is c1coc(CNc2ccc3ncsc3c2)c1. The summed E-state index contributed by atoms with van der Waals surface area (Å²) in [6.45, 7) is 0.706. The molecule has 0 spiro atoms. The van der Waals surface area contributed by atoms with Gasteiger partial charge in [0.1, 0.15) is 5.76 Å². The van der Waals surface area contributed by atoms with Gasteiger partial charge in [-0.1, -0.05) is 0 Å². The molecule has 1 N–H and O–H groups in total. The summed E-state index contributed by atoms with van der Waals surface area (Å²) in [4.78, 5) is 4.24. The summed E-state index contributed by atoms with van der Waals surface area (Å²) >= 11 is 1.65. The number of nitrogens with one attached hydrogen (secondary N) is 1. The van der Waals surface area contributed by atoms with Gasteiger partial charge in [0.15, 0.2) is 0 Å². The second-order valence-corrected chi connectivity index (χ2v) is 4.35. The summed E-state index contributed by atoms with van der Waals surface area (Å²) in [5.74, 6) is 0.935. The van der Waals surface area contributed by atoms with Crippen molar-refractivity contribution in [2.75, 3.05) is 5.32 Å². The highest BCUT2D eigenvalue weighted by Gasteiger charge is 1.99. The first kappa shape index (κ1) is 9.42. The second-order valence-electron chi connectivity index (χ2n) is 3.47. The van der Waals surface area contributed by atoms with E-state index in [2.05, 4.69) is 16.4 Å².